The van der Waals surface area contributed by atoms with E-state index in [1.165, 1.54) is 0 Å². The van der Waals surface area contributed by atoms with Gasteiger partial charge in [-0.15, -0.1) is 0 Å². The normalized spacial score (nSPS) is 9.90. The summed E-state index contributed by atoms with van der Waals surface area (Å²) < 4.78 is 1.75. The van der Waals surface area contributed by atoms with Crippen molar-refractivity contribution in [3.8, 4) is 0 Å². The minimum atomic E-state index is 0.0463. The Kier molecular flexibility index (Phi) is 3.06. The summed E-state index contributed by atoms with van der Waals surface area (Å²) in [5.74, 6) is 0. The molecule has 0 fully saturated rings. The minimum Gasteiger partial charge on any atom is -0.392 e. The molecule has 1 rings (SSSR count). The zero-order valence-corrected chi connectivity index (χ0v) is 8.76. The zero-order chi connectivity index (χ0) is 7.56. The largest absolute Gasteiger partial charge is 0.392 e. The molecular formula is C6H5BrINO. The van der Waals surface area contributed by atoms with Crippen LogP contribution in [0.25, 0.3) is 0 Å². The number of rotatable bonds is 1. The fourth-order valence-electron chi connectivity index (χ4n) is 0.575. The number of hydrogen-bond donors (Lipinski definition) is 1. The highest BCUT2D eigenvalue weighted by Crippen LogP contribution is 2.14. The molecule has 2 nitrogen and oxygen atoms in total. The van der Waals surface area contributed by atoms with Gasteiger partial charge >= 0.3 is 0 Å². The molecule has 4 heteroatoms. The predicted molar refractivity (Wildman–Crippen MR) is 50.6 cm³/mol. The van der Waals surface area contributed by atoms with E-state index in [-0.39, 0.29) is 6.61 Å². The van der Waals surface area contributed by atoms with Crippen LogP contribution in [0.2, 0.25) is 0 Å². The molecule has 0 saturated carbocycles. The maximum absolute atomic E-state index is 8.78. The summed E-state index contributed by atoms with van der Waals surface area (Å²) >= 11 is 5.35. The van der Waals surface area contributed by atoms with Gasteiger partial charge < -0.3 is 5.11 Å². The second-order valence-corrected chi connectivity index (χ2v) is 3.70. The quantitative estimate of drug-likeness (QED) is 0.635. The van der Waals surface area contributed by atoms with Crippen molar-refractivity contribution in [3.05, 3.63) is 26.0 Å². The molecule has 0 radical (unpaired) electrons. The molecule has 54 valence electrons. The van der Waals surface area contributed by atoms with Gasteiger partial charge in [-0.05, 0) is 44.6 Å². The van der Waals surface area contributed by atoms with Gasteiger partial charge in [-0.2, -0.15) is 0 Å². The first-order valence-electron chi connectivity index (χ1n) is 2.65. The Balaban J connectivity index is 3.09. The van der Waals surface area contributed by atoms with E-state index in [4.69, 9.17) is 5.11 Å². The smallest absolute Gasteiger partial charge is 0.106 e. The van der Waals surface area contributed by atoms with Crippen molar-refractivity contribution in [2.24, 2.45) is 0 Å². The van der Waals surface area contributed by atoms with E-state index in [0.717, 1.165) is 13.7 Å². The van der Waals surface area contributed by atoms with Crippen molar-refractivity contribution in [2.45, 2.75) is 6.61 Å². The van der Waals surface area contributed by atoms with Crippen molar-refractivity contribution in [1.29, 1.82) is 0 Å². The molecule has 0 aliphatic rings. The number of aliphatic hydroxyl groups excluding tert-OH is 1. The molecule has 0 unspecified atom stereocenters. The van der Waals surface area contributed by atoms with Crippen LogP contribution < -0.4 is 0 Å². The topological polar surface area (TPSA) is 33.1 Å². The van der Waals surface area contributed by atoms with Crippen LogP contribution in [0.3, 0.4) is 0 Å². The first-order valence-corrected chi connectivity index (χ1v) is 4.52. The standard InChI is InChI=1S/C6H5BrINO/c7-5-1-4(3-10)6(8)9-2-5/h1-2,10H,3H2. The van der Waals surface area contributed by atoms with Crippen LogP contribution in [-0.2, 0) is 6.61 Å². The van der Waals surface area contributed by atoms with Gasteiger partial charge in [-0.1, -0.05) is 0 Å². The van der Waals surface area contributed by atoms with E-state index in [1.807, 2.05) is 6.07 Å². The number of pyridine rings is 1. The Labute approximate surface area is 80.9 Å². The molecule has 1 aromatic heterocycles. The summed E-state index contributed by atoms with van der Waals surface area (Å²) in [5.41, 5.74) is 0.856. The SMILES string of the molecule is OCc1cc(Br)cnc1I. The summed E-state index contributed by atoms with van der Waals surface area (Å²) in [4.78, 5) is 4.03. The van der Waals surface area contributed by atoms with Crippen LogP contribution >= 0.6 is 38.5 Å². The fraction of sp³-hybridized carbons (Fsp3) is 0.167. The second kappa shape index (κ2) is 3.64. The van der Waals surface area contributed by atoms with E-state index in [0.29, 0.717) is 0 Å². The average molecular weight is 314 g/mol. The highest BCUT2D eigenvalue weighted by atomic mass is 127. The Morgan fingerprint density at radius 2 is 2.40 bits per heavy atom. The maximum atomic E-state index is 8.78. The Hall–Kier alpha value is 0.320. The molecule has 0 aliphatic carbocycles. The van der Waals surface area contributed by atoms with E-state index in [9.17, 15) is 0 Å². The van der Waals surface area contributed by atoms with E-state index in [2.05, 4.69) is 43.5 Å². The molecule has 0 aliphatic heterocycles. The van der Waals surface area contributed by atoms with Gasteiger partial charge in [0.25, 0.3) is 0 Å². The van der Waals surface area contributed by atoms with Gasteiger partial charge in [-0.25, -0.2) is 4.98 Å². The lowest BCUT2D eigenvalue weighted by atomic mass is 10.3. The molecule has 0 bridgehead atoms. The monoisotopic (exact) mass is 313 g/mol. The van der Waals surface area contributed by atoms with Gasteiger partial charge in [0.15, 0.2) is 0 Å². The van der Waals surface area contributed by atoms with Crippen molar-refractivity contribution < 1.29 is 5.11 Å². The predicted octanol–water partition coefficient (Wildman–Crippen LogP) is 1.94. The molecule has 1 aromatic rings. The Morgan fingerprint density at radius 1 is 1.70 bits per heavy atom. The van der Waals surface area contributed by atoms with Crippen LogP contribution in [0.1, 0.15) is 5.56 Å². The number of hydrogen-bond acceptors (Lipinski definition) is 2. The zero-order valence-electron chi connectivity index (χ0n) is 5.01. The van der Waals surface area contributed by atoms with Crippen molar-refractivity contribution in [1.82, 2.24) is 4.98 Å². The number of aliphatic hydroxyl groups is 1. The molecule has 0 atom stereocenters. The molecule has 1 N–H and O–H groups in total. The Morgan fingerprint density at radius 3 is 2.90 bits per heavy atom. The molecule has 1 heterocycles. The van der Waals surface area contributed by atoms with Crippen LogP contribution in [0.15, 0.2) is 16.7 Å². The first-order chi connectivity index (χ1) is 4.74. The first kappa shape index (κ1) is 8.42. The number of aromatic nitrogens is 1. The summed E-state index contributed by atoms with van der Waals surface area (Å²) in [5, 5.41) is 8.78. The molecular weight excluding hydrogens is 309 g/mol. The summed E-state index contributed by atoms with van der Waals surface area (Å²) in [7, 11) is 0. The molecule has 0 aromatic carbocycles. The highest BCUT2D eigenvalue weighted by Gasteiger charge is 1.98. The van der Waals surface area contributed by atoms with E-state index < -0.39 is 0 Å². The van der Waals surface area contributed by atoms with Crippen LogP contribution in [-0.4, -0.2) is 10.1 Å². The molecule has 0 spiro atoms. The minimum absolute atomic E-state index is 0.0463. The lowest BCUT2D eigenvalue weighted by Gasteiger charge is -1.98. The van der Waals surface area contributed by atoms with Crippen LogP contribution in [0.5, 0.6) is 0 Å². The lowest BCUT2D eigenvalue weighted by Crippen LogP contribution is -1.90. The van der Waals surface area contributed by atoms with Crippen molar-refractivity contribution in [2.75, 3.05) is 0 Å². The van der Waals surface area contributed by atoms with E-state index in [1.54, 1.807) is 6.20 Å². The van der Waals surface area contributed by atoms with Gasteiger partial charge in [0, 0.05) is 16.2 Å². The molecule has 0 saturated heterocycles. The fourth-order valence-corrected chi connectivity index (χ4v) is 1.42. The third-order valence-corrected chi connectivity index (χ3v) is 2.45. The van der Waals surface area contributed by atoms with E-state index >= 15 is 0 Å². The van der Waals surface area contributed by atoms with Crippen LogP contribution in [0, 0.1) is 3.70 Å². The Bertz CT molecular complexity index is 241. The third-order valence-electron chi connectivity index (χ3n) is 1.05. The van der Waals surface area contributed by atoms with Gasteiger partial charge in [0.05, 0.1) is 6.61 Å². The average Bonchev–Trinajstić information content (AvgIpc) is 1.94. The van der Waals surface area contributed by atoms with Gasteiger partial charge in [-0.3, -0.25) is 0 Å². The van der Waals surface area contributed by atoms with Crippen molar-refractivity contribution in [3.63, 3.8) is 0 Å². The highest BCUT2D eigenvalue weighted by molar-refractivity contribution is 14.1. The third kappa shape index (κ3) is 1.90. The number of nitrogens with zero attached hydrogens (tertiary/aromatic N) is 1. The van der Waals surface area contributed by atoms with Crippen LogP contribution in [0.4, 0.5) is 0 Å². The summed E-state index contributed by atoms with van der Waals surface area (Å²) in [6.07, 6.45) is 1.71. The summed E-state index contributed by atoms with van der Waals surface area (Å²) in [6, 6.07) is 1.86. The van der Waals surface area contributed by atoms with Crippen molar-refractivity contribution >= 4 is 38.5 Å². The maximum Gasteiger partial charge on any atom is 0.106 e. The lowest BCUT2D eigenvalue weighted by molar-refractivity contribution is 0.280. The molecule has 10 heavy (non-hydrogen) atoms. The number of halogens is 2. The van der Waals surface area contributed by atoms with Gasteiger partial charge in [0.2, 0.25) is 0 Å². The second-order valence-electron chi connectivity index (χ2n) is 1.76. The van der Waals surface area contributed by atoms with Gasteiger partial charge in [0.1, 0.15) is 3.70 Å². The molecule has 0 amide bonds. The summed E-state index contributed by atoms with van der Waals surface area (Å²) in [6.45, 7) is 0.0463.